The molecule has 8 nitrogen and oxygen atoms in total. The highest BCUT2D eigenvalue weighted by Gasteiger charge is 2.24. The number of piperidine rings is 1. The van der Waals surface area contributed by atoms with Gasteiger partial charge in [-0.25, -0.2) is 9.97 Å². The van der Waals surface area contributed by atoms with Crippen molar-refractivity contribution in [2.24, 2.45) is 0 Å². The molecule has 1 aliphatic heterocycles. The van der Waals surface area contributed by atoms with E-state index in [2.05, 4.69) is 30.2 Å². The van der Waals surface area contributed by atoms with Crippen LogP contribution in [0.15, 0.2) is 34.6 Å². The van der Waals surface area contributed by atoms with Crippen molar-refractivity contribution >= 4 is 23.5 Å². The van der Waals surface area contributed by atoms with Crippen molar-refractivity contribution in [3.05, 3.63) is 40.7 Å². The van der Waals surface area contributed by atoms with Gasteiger partial charge in [0.2, 0.25) is 5.91 Å². The number of nitrogens with zero attached hydrogens (tertiary/aromatic N) is 4. The fourth-order valence-electron chi connectivity index (χ4n) is 2.85. The van der Waals surface area contributed by atoms with Gasteiger partial charge in [0.25, 0.3) is 5.56 Å². The molecule has 1 atom stereocenters. The van der Waals surface area contributed by atoms with E-state index in [4.69, 9.17) is 0 Å². The lowest BCUT2D eigenvalue weighted by Crippen LogP contribution is -2.46. The number of aryl methyl sites for hydroxylation is 1. The van der Waals surface area contributed by atoms with Gasteiger partial charge in [-0.05, 0) is 26.7 Å². The molecule has 2 N–H and O–H groups in total. The van der Waals surface area contributed by atoms with Gasteiger partial charge in [0, 0.05) is 43.3 Å². The number of thioether (sulfide) groups is 1. The molecule has 0 saturated carbocycles. The van der Waals surface area contributed by atoms with Crippen LogP contribution in [0.4, 0.5) is 5.82 Å². The van der Waals surface area contributed by atoms with E-state index >= 15 is 0 Å². The van der Waals surface area contributed by atoms with Crippen LogP contribution in [0.1, 0.15) is 25.5 Å². The van der Waals surface area contributed by atoms with Crippen molar-refractivity contribution in [3.8, 4) is 0 Å². The Kier molecular flexibility index (Phi) is 5.87. The maximum atomic E-state index is 12.4. The average Bonchev–Trinajstić information content (AvgIpc) is 2.62. The molecule has 138 valence electrons. The predicted molar refractivity (Wildman–Crippen MR) is 100 cm³/mol. The summed E-state index contributed by atoms with van der Waals surface area (Å²) < 4.78 is 0. The third-order valence-corrected chi connectivity index (χ3v) is 5.20. The Bertz CT molecular complexity index is 804. The number of amides is 1. The molecule has 2 aromatic rings. The number of H-pyrrole nitrogens is 1. The molecule has 1 saturated heterocycles. The van der Waals surface area contributed by atoms with Crippen LogP contribution in [0, 0.1) is 6.92 Å². The molecule has 0 aromatic carbocycles. The molecular weight excluding hydrogens is 352 g/mol. The third-order valence-electron chi connectivity index (χ3n) is 4.22. The number of aromatic amines is 1. The van der Waals surface area contributed by atoms with Gasteiger partial charge in [-0.1, -0.05) is 11.8 Å². The lowest BCUT2D eigenvalue weighted by atomic mass is 10.0. The normalized spacial score (nSPS) is 16.3. The summed E-state index contributed by atoms with van der Waals surface area (Å²) in [5.74, 6) is 0.827. The Morgan fingerprint density at radius 1 is 1.38 bits per heavy atom. The molecule has 3 rings (SSSR count). The van der Waals surface area contributed by atoms with Gasteiger partial charge in [0.1, 0.15) is 5.82 Å². The van der Waals surface area contributed by atoms with Crippen LogP contribution in [0.3, 0.4) is 0 Å². The van der Waals surface area contributed by atoms with E-state index in [0.717, 1.165) is 31.7 Å². The van der Waals surface area contributed by atoms with Crippen molar-refractivity contribution in [1.29, 1.82) is 0 Å². The number of hydrogen-bond acceptors (Lipinski definition) is 7. The Labute approximate surface area is 155 Å². The predicted octanol–water partition coefficient (Wildman–Crippen LogP) is 1.13. The number of carbonyl (C=O) groups is 1. The second-order valence-corrected chi connectivity index (χ2v) is 7.62. The maximum absolute atomic E-state index is 12.4. The first-order valence-electron chi connectivity index (χ1n) is 8.57. The first-order valence-corrected chi connectivity index (χ1v) is 9.45. The first kappa shape index (κ1) is 18.4. The van der Waals surface area contributed by atoms with Crippen LogP contribution in [-0.2, 0) is 4.79 Å². The van der Waals surface area contributed by atoms with E-state index in [-0.39, 0.29) is 22.8 Å². The van der Waals surface area contributed by atoms with Crippen LogP contribution in [0.2, 0.25) is 0 Å². The number of carbonyl (C=O) groups excluding carboxylic acids is 1. The summed E-state index contributed by atoms with van der Waals surface area (Å²) in [6.45, 7) is 5.24. The molecule has 0 aliphatic carbocycles. The standard InChI is InChI=1S/C17H22N6O2S/c1-11-9-15(24)22-17(20-11)26-12(2)16(25)21-13-3-7-23(8-4-13)14-10-18-5-6-19-14/h5-6,9-10,12-13H,3-4,7-8H2,1-2H3,(H,21,25)(H,20,22,24). The molecule has 2 aromatic heterocycles. The van der Waals surface area contributed by atoms with Crippen LogP contribution >= 0.6 is 11.8 Å². The molecule has 9 heteroatoms. The topological polar surface area (TPSA) is 104 Å². The third kappa shape index (κ3) is 4.81. The average molecular weight is 374 g/mol. The van der Waals surface area contributed by atoms with Crippen molar-refractivity contribution < 1.29 is 4.79 Å². The van der Waals surface area contributed by atoms with Gasteiger partial charge in [0.05, 0.1) is 11.4 Å². The smallest absolute Gasteiger partial charge is 0.251 e. The molecule has 1 amide bonds. The molecule has 1 fully saturated rings. The highest BCUT2D eigenvalue weighted by molar-refractivity contribution is 8.00. The summed E-state index contributed by atoms with van der Waals surface area (Å²) in [6, 6.07) is 1.57. The first-order chi connectivity index (χ1) is 12.5. The SMILES string of the molecule is Cc1cc(=O)[nH]c(SC(C)C(=O)NC2CCN(c3cnccn3)CC2)n1. The lowest BCUT2D eigenvalue weighted by molar-refractivity contribution is -0.121. The highest BCUT2D eigenvalue weighted by atomic mass is 32.2. The number of rotatable bonds is 5. The van der Waals surface area contributed by atoms with Gasteiger partial charge in [0.15, 0.2) is 5.16 Å². The van der Waals surface area contributed by atoms with E-state index in [0.29, 0.717) is 10.9 Å². The molecule has 26 heavy (non-hydrogen) atoms. The summed E-state index contributed by atoms with van der Waals surface area (Å²) in [5, 5.41) is 3.23. The maximum Gasteiger partial charge on any atom is 0.251 e. The highest BCUT2D eigenvalue weighted by Crippen LogP contribution is 2.20. The number of anilines is 1. The molecule has 3 heterocycles. The minimum Gasteiger partial charge on any atom is -0.355 e. The van der Waals surface area contributed by atoms with Crippen LogP contribution < -0.4 is 15.8 Å². The summed E-state index contributed by atoms with van der Waals surface area (Å²) in [4.78, 5) is 41.5. The minimum absolute atomic E-state index is 0.0443. The second-order valence-electron chi connectivity index (χ2n) is 6.29. The Morgan fingerprint density at radius 3 is 2.81 bits per heavy atom. The Balaban J connectivity index is 1.50. The van der Waals surface area contributed by atoms with E-state index in [1.54, 1.807) is 25.5 Å². The van der Waals surface area contributed by atoms with Gasteiger partial charge >= 0.3 is 0 Å². The van der Waals surface area contributed by atoms with Crippen LogP contribution in [0.5, 0.6) is 0 Å². The van der Waals surface area contributed by atoms with Crippen molar-refractivity contribution in [2.75, 3.05) is 18.0 Å². The Morgan fingerprint density at radius 2 is 2.15 bits per heavy atom. The zero-order chi connectivity index (χ0) is 18.5. The second kappa shape index (κ2) is 8.31. The fourth-order valence-corrected chi connectivity index (χ4v) is 3.72. The van der Waals surface area contributed by atoms with E-state index < -0.39 is 0 Å². The molecule has 1 aliphatic rings. The Hall–Kier alpha value is -2.42. The fraction of sp³-hybridized carbons (Fsp3) is 0.471. The number of aromatic nitrogens is 4. The largest absolute Gasteiger partial charge is 0.355 e. The molecule has 0 radical (unpaired) electrons. The summed E-state index contributed by atoms with van der Waals surface area (Å²) in [6.07, 6.45) is 6.82. The number of hydrogen-bond donors (Lipinski definition) is 2. The van der Waals surface area contributed by atoms with Crippen molar-refractivity contribution in [1.82, 2.24) is 25.3 Å². The van der Waals surface area contributed by atoms with Gasteiger partial charge < -0.3 is 15.2 Å². The van der Waals surface area contributed by atoms with Crippen LogP contribution in [-0.4, -0.2) is 50.2 Å². The zero-order valence-corrected chi connectivity index (χ0v) is 15.6. The van der Waals surface area contributed by atoms with E-state index in [1.165, 1.54) is 17.8 Å². The molecule has 0 spiro atoms. The van der Waals surface area contributed by atoms with E-state index in [9.17, 15) is 9.59 Å². The van der Waals surface area contributed by atoms with Crippen molar-refractivity contribution in [3.63, 3.8) is 0 Å². The van der Waals surface area contributed by atoms with E-state index in [1.807, 2.05) is 6.92 Å². The molecule has 1 unspecified atom stereocenters. The van der Waals surface area contributed by atoms with Gasteiger partial charge in [-0.3, -0.25) is 14.6 Å². The number of nitrogens with one attached hydrogen (secondary N) is 2. The van der Waals surface area contributed by atoms with Crippen LogP contribution in [0.25, 0.3) is 0 Å². The lowest BCUT2D eigenvalue weighted by Gasteiger charge is -2.33. The quantitative estimate of drug-likeness (QED) is 0.597. The van der Waals surface area contributed by atoms with Gasteiger partial charge in [-0.2, -0.15) is 0 Å². The molecule has 0 bridgehead atoms. The van der Waals surface area contributed by atoms with Gasteiger partial charge in [-0.15, -0.1) is 0 Å². The summed E-state index contributed by atoms with van der Waals surface area (Å²) in [7, 11) is 0. The molecular formula is C17H22N6O2S. The summed E-state index contributed by atoms with van der Waals surface area (Å²) in [5.41, 5.74) is 0.434. The monoisotopic (exact) mass is 374 g/mol. The zero-order valence-electron chi connectivity index (χ0n) is 14.8. The minimum atomic E-state index is -0.335. The summed E-state index contributed by atoms with van der Waals surface area (Å²) >= 11 is 1.26. The van der Waals surface area contributed by atoms with Crippen molar-refractivity contribution in [2.45, 2.75) is 43.1 Å².